The molecule has 0 aliphatic heterocycles. The number of nitrogens with two attached hydrogens (primary N) is 1. The number of aryl methyl sites for hydroxylation is 2. The molecule has 4 rings (SSSR count). The van der Waals surface area contributed by atoms with Gasteiger partial charge in [-0.3, -0.25) is 10.2 Å². The Hall–Kier alpha value is -3.73. The van der Waals surface area contributed by atoms with Gasteiger partial charge in [0, 0.05) is 41.6 Å². The minimum Gasteiger partial charge on any atom is -0.384 e. The van der Waals surface area contributed by atoms with Gasteiger partial charge in [0.25, 0.3) is 0 Å². The van der Waals surface area contributed by atoms with Crippen LogP contribution in [-0.4, -0.2) is 16.2 Å². The van der Waals surface area contributed by atoms with E-state index in [1.165, 1.54) is 5.56 Å². The van der Waals surface area contributed by atoms with E-state index in [-0.39, 0.29) is 11.6 Å². The van der Waals surface area contributed by atoms with E-state index in [4.69, 9.17) is 11.1 Å². The third kappa shape index (κ3) is 5.37. The first-order valence-electron chi connectivity index (χ1n) is 11.4. The van der Waals surface area contributed by atoms with Crippen LogP contribution in [0.25, 0.3) is 10.9 Å². The second-order valence-corrected chi connectivity index (χ2v) is 8.93. The molecular formula is C28H31N4O+. The second kappa shape index (κ2) is 9.82. The van der Waals surface area contributed by atoms with Gasteiger partial charge in [-0.1, -0.05) is 43.3 Å². The molecule has 0 fully saturated rings. The predicted molar refractivity (Wildman–Crippen MR) is 133 cm³/mol. The fraction of sp³-hybridized carbons (Fsp3) is 0.250. The topological polar surface area (TPSA) is 75.8 Å². The van der Waals surface area contributed by atoms with Crippen LogP contribution in [0.5, 0.6) is 0 Å². The van der Waals surface area contributed by atoms with Crippen LogP contribution in [0.3, 0.4) is 0 Å². The first-order valence-corrected chi connectivity index (χ1v) is 11.4. The lowest BCUT2D eigenvalue weighted by molar-refractivity contribution is -0.671. The number of ketones is 1. The lowest BCUT2D eigenvalue weighted by Crippen LogP contribution is -2.26. The number of nitrogen functional groups attached to an aromatic ring is 1. The Morgan fingerprint density at radius 1 is 1.03 bits per heavy atom. The summed E-state index contributed by atoms with van der Waals surface area (Å²) in [6.07, 6.45) is 6.58. The highest BCUT2D eigenvalue weighted by atomic mass is 16.1. The maximum Gasteiger partial charge on any atom is 0.179 e. The molecule has 5 nitrogen and oxygen atoms in total. The van der Waals surface area contributed by atoms with Crippen molar-refractivity contribution < 1.29 is 9.36 Å². The molecule has 0 saturated carbocycles. The van der Waals surface area contributed by atoms with Gasteiger partial charge in [0.15, 0.2) is 18.2 Å². The Kier molecular flexibility index (Phi) is 6.68. The summed E-state index contributed by atoms with van der Waals surface area (Å²) < 4.78 is 4.13. The van der Waals surface area contributed by atoms with Crippen molar-refractivity contribution >= 4 is 22.5 Å². The fourth-order valence-electron chi connectivity index (χ4n) is 4.27. The maximum atomic E-state index is 13.4. The lowest BCUT2D eigenvalue weighted by atomic mass is 9.95. The standard InChI is InChI=1S/C28H31N4O/c1-20(10-11-21-12-14-31(2)15-13-21)16-27(33)26-18-23-7-3-4-9-25(23)32(26)19-22-6-5-8-24(17-22)28(29)30/h3-9,12-15,17-18,20H,10-11,16,19H2,1-2H3,(H3,29,30)/q+1/t20-/m0/s1. The molecule has 0 spiro atoms. The van der Waals surface area contributed by atoms with Gasteiger partial charge in [-0.2, -0.15) is 0 Å². The van der Waals surface area contributed by atoms with Gasteiger partial charge in [-0.05, 0) is 48.1 Å². The molecule has 0 aliphatic carbocycles. The van der Waals surface area contributed by atoms with Gasteiger partial charge in [0.2, 0.25) is 0 Å². The quantitative estimate of drug-likeness (QED) is 0.173. The largest absolute Gasteiger partial charge is 0.384 e. The van der Waals surface area contributed by atoms with Crippen LogP contribution >= 0.6 is 0 Å². The molecule has 0 unspecified atom stereocenters. The second-order valence-electron chi connectivity index (χ2n) is 8.93. The Morgan fingerprint density at radius 2 is 1.79 bits per heavy atom. The van der Waals surface area contributed by atoms with E-state index < -0.39 is 0 Å². The molecule has 0 aliphatic rings. The molecule has 168 valence electrons. The molecule has 4 aromatic rings. The molecule has 0 saturated heterocycles. The average molecular weight is 440 g/mol. The van der Waals surface area contributed by atoms with E-state index in [1.807, 2.05) is 60.1 Å². The SMILES string of the molecule is C[C@@H](CCc1cc[n+](C)cc1)CC(=O)c1cc2ccccc2n1Cc1cccc(C(=N)N)c1. The molecular weight excluding hydrogens is 408 g/mol. The number of fused-ring (bicyclic) bond motifs is 1. The van der Waals surface area contributed by atoms with Crippen LogP contribution in [0, 0.1) is 11.3 Å². The molecule has 2 aromatic heterocycles. The van der Waals surface area contributed by atoms with E-state index in [0.29, 0.717) is 24.4 Å². The summed E-state index contributed by atoms with van der Waals surface area (Å²) in [4.78, 5) is 13.4. The zero-order valence-electron chi connectivity index (χ0n) is 19.3. The number of rotatable bonds is 9. The van der Waals surface area contributed by atoms with Gasteiger partial charge in [-0.15, -0.1) is 0 Å². The number of hydrogen-bond donors (Lipinski definition) is 2. The van der Waals surface area contributed by atoms with Crippen LogP contribution in [0.15, 0.2) is 79.1 Å². The number of carbonyl (C=O) groups excluding carboxylic acids is 1. The number of nitrogens with zero attached hydrogens (tertiary/aromatic N) is 2. The molecule has 2 aromatic carbocycles. The number of para-hydroxylation sites is 1. The Balaban J connectivity index is 1.54. The number of Topliss-reactive ketones (excluding diaryl/α,β-unsaturated/α-hetero) is 1. The highest BCUT2D eigenvalue weighted by Gasteiger charge is 2.18. The monoisotopic (exact) mass is 439 g/mol. The number of benzene rings is 2. The zero-order valence-corrected chi connectivity index (χ0v) is 19.3. The van der Waals surface area contributed by atoms with Crippen molar-refractivity contribution in [2.45, 2.75) is 32.7 Å². The minimum atomic E-state index is 0.0477. The number of hydrogen-bond acceptors (Lipinski definition) is 2. The summed E-state index contributed by atoms with van der Waals surface area (Å²) in [6.45, 7) is 2.72. The fourth-order valence-corrected chi connectivity index (χ4v) is 4.27. The van der Waals surface area contributed by atoms with Crippen LogP contribution in [-0.2, 0) is 20.0 Å². The van der Waals surface area contributed by atoms with Gasteiger partial charge in [0.1, 0.15) is 12.9 Å². The number of aromatic nitrogens is 2. The first kappa shape index (κ1) is 22.5. The number of amidine groups is 1. The maximum absolute atomic E-state index is 13.4. The third-order valence-corrected chi connectivity index (χ3v) is 6.18. The summed E-state index contributed by atoms with van der Waals surface area (Å²) in [7, 11) is 2.01. The van der Waals surface area contributed by atoms with Crippen molar-refractivity contribution in [1.82, 2.24) is 4.57 Å². The van der Waals surface area contributed by atoms with E-state index in [2.05, 4.69) is 42.1 Å². The van der Waals surface area contributed by atoms with Crippen molar-refractivity contribution in [2.24, 2.45) is 18.7 Å². The molecule has 3 N–H and O–H groups in total. The zero-order chi connectivity index (χ0) is 23.4. The van der Waals surface area contributed by atoms with Crippen molar-refractivity contribution in [3.63, 3.8) is 0 Å². The Labute approximate surface area is 195 Å². The van der Waals surface area contributed by atoms with E-state index in [0.717, 1.165) is 35.0 Å². The summed E-state index contributed by atoms with van der Waals surface area (Å²) in [5.41, 5.74) is 10.5. The number of carbonyl (C=O) groups is 1. The molecule has 0 amide bonds. The molecule has 1 atom stereocenters. The molecule has 0 radical (unpaired) electrons. The summed E-state index contributed by atoms with van der Waals surface area (Å²) >= 11 is 0. The van der Waals surface area contributed by atoms with Gasteiger partial charge >= 0.3 is 0 Å². The van der Waals surface area contributed by atoms with E-state index in [1.54, 1.807) is 0 Å². The predicted octanol–water partition coefficient (Wildman–Crippen LogP) is 4.64. The van der Waals surface area contributed by atoms with Gasteiger partial charge in [0.05, 0.1) is 5.69 Å². The van der Waals surface area contributed by atoms with Crippen LogP contribution in [0.2, 0.25) is 0 Å². The number of nitrogens with one attached hydrogen (secondary N) is 1. The van der Waals surface area contributed by atoms with Gasteiger partial charge < -0.3 is 10.3 Å². The third-order valence-electron chi connectivity index (χ3n) is 6.18. The minimum absolute atomic E-state index is 0.0477. The summed E-state index contributed by atoms with van der Waals surface area (Å²) in [6, 6.07) is 22.1. The highest BCUT2D eigenvalue weighted by Crippen LogP contribution is 2.24. The molecule has 5 heteroatoms. The van der Waals surface area contributed by atoms with Crippen LogP contribution in [0.1, 0.15) is 46.9 Å². The number of pyridine rings is 1. The highest BCUT2D eigenvalue weighted by molar-refractivity contribution is 6.00. The van der Waals surface area contributed by atoms with E-state index in [9.17, 15) is 4.79 Å². The van der Waals surface area contributed by atoms with Crippen molar-refractivity contribution in [3.05, 3.63) is 102 Å². The van der Waals surface area contributed by atoms with Crippen molar-refractivity contribution in [2.75, 3.05) is 0 Å². The van der Waals surface area contributed by atoms with Crippen LogP contribution < -0.4 is 10.3 Å². The lowest BCUT2D eigenvalue weighted by Gasteiger charge is -2.14. The molecule has 33 heavy (non-hydrogen) atoms. The van der Waals surface area contributed by atoms with Crippen molar-refractivity contribution in [1.29, 1.82) is 5.41 Å². The molecule has 0 bridgehead atoms. The molecule has 2 heterocycles. The Morgan fingerprint density at radius 3 is 2.55 bits per heavy atom. The van der Waals surface area contributed by atoms with Crippen LogP contribution in [0.4, 0.5) is 0 Å². The first-order chi connectivity index (χ1) is 15.9. The summed E-state index contributed by atoms with van der Waals surface area (Å²) in [5, 5.41) is 8.79. The van der Waals surface area contributed by atoms with Gasteiger partial charge in [-0.25, -0.2) is 4.57 Å². The summed E-state index contributed by atoms with van der Waals surface area (Å²) in [5.74, 6) is 0.506. The normalized spacial score (nSPS) is 12.1. The Bertz CT molecular complexity index is 1290. The van der Waals surface area contributed by atoms with E-state index >= 15 is 0 Å². The smallest absolute Gasteiger partial charge is 0.179 e. The average Bonchev–Trinajstić information content (AvgIpc) is 3.17. The van der Waals surface area contributed by atoms with Crippen molar-refractivity contribution in [3.8, 4) is 0 Å².